The second-order valence-electron chi connectivity index (χ2n) is 8.03. The average Bonchev–Trinajstić information content (AvgIpc) is 3.09. The van der Waals surface area contributed by atoms with Crippen LogP contribution in [0, 0.1) is 6.92 Å². The number of hydrogen-bond acceptors (Lipinski definition) is 6. The van der Waals surface area contributed by atoms with Gasteiger partial charge < -0.3 is 15.4 Å². The van der Waals surface area contributed by atoms with Crippen LogP contribution in [0.3, 0.4) is 0 Å². The van der Waals surface area contributed by atoms with Gasteiger partial charge in [0, 0.05) is 12.2 Å². The molecule has 0 radical (unpaired) electrons. The number of amides is 1. The van der Waals surface area contributed by atoms with Crippen molar-refractivity contribution in [1.29, 1.82) is 0 Å². The van der Waals surface area contributed by atoms with Gasteiger partial charge in [0.05, 0.1) is 11.0 Å². The van der Waals surface area contributed by atoms with E-state index in [1.165, 1.54) is 0 Å². The molecule has 154 valence electrons. The largest absolute Gasteiger partial charge is 0.444 e. The zero-order valence-electron chi connectivity index (χ0n) is 17.4. The smallest absolute Gasteiger partial charge is 0.407 e. The van der Waals surface area contributed by atoms with Crippen molar-refractivity contribution in [2.45, 2.75) is 39.8 Å². The van der Waals surface area contributed by atoms with E-state index in [1.54, 1.807) is 0 Å². The SMILES string of the molecule is Cc1nnc2c(Nc3ccc(CNC(=O)OC(C)(C)C)cc3)nc3ccccc3n12. The first-order valence-electron chi connectivity index (χ1n) is 9.73. The van der Waals surface area contributed by atoms with Crippen LogP contribution in [0.25, 0.3) is 16.7 Å². The van der Waals surface area contributed by atoms with Crippen molar-refractivity contribution < 1.29 is 9.53 Å². The van der Waals surface area contributed by atoms with E-state index in [9.17, 15) is 4.79 Å². The third kappa shape index (κ3) is 4.17. The normalized spacial score (nSPS) is 11.6. The minimum Gasteiger partial charge on any atom is -0.444 e. The quantitative estimate of drug-likeness (QED) is 0.525. The first kappa shape index (κ1) is 19.6. The number of anilines is 2. The molecule has 2 aromatic heterocycles. The maximum Gasteiger partial charge on any atom is 0.407 e. The van der Waals surface area contributed by atoms with E-state index in [0.717, 1.165) is 28.1 Å². The first-order valence-corrected chi connectivity index (χ1v) is 9.73. The molecule has 0 bridgehead atoms. The van der Waals surface area contributed by atoms with E-state index in [-0.39, 0.29) is 0 Å². The van der Waals surface area contributed by atoms with Crippen molar-refractivity contribution in [3.8, 4) is 0 Å². The van der Waals surface area contributed by atoms with Crippen molar-refractivity contribution in [3.63, 3.8) is 0 Å². The number of ether oxygens (including phenoxy) is 1. The van der Waals surface area contributed by atoms with Crippen LogP contribution in [0.5, 0.6) is 0 Å². The minimum atomic E-state index is -0.518. The highest BCUT2D eigenvalue weighted by Gasteiger charge is 2.16. The summed E-state index contributed by atoms with van der Waals surface area (Å²) in [5.74, 6) is 1.43. The third-order valence-electron chi connectivity index (χ3n) is 4.44. The van der Waals surface area contributed by atoms with Crippen molar-refractivity contribution in [2.75, 3.05) is 5.32 Å². The highest BCUT2D eigenvalue weighted by Crippen LogP contribution is 2.24. The zero-order chi connectivity index (χ0) is 21.3. The van der Waals surface area contributed by atoms with Crippen LogP contribution >= 0.6 is 0 Å². The predicted molar refractivity (Wildman–Crippen MR) is 116 cm³/mol. The Balaban J connectivity index is 1.52. The number of benzene rings is 2. The Labute approximate surface area is 174 Å². The second kappa shape index (κ2) is 7.62. The van der Waals surface area contributed by atoms with Crippen molar-refractivity contribution in [1.82, 2.24) is 24.9 Å². The van der Waals surface area contributed by atoms with Gasteiger partial charge in [0.1, 0.15) is 11.4 Å². The van der Waals surface area contributed by atoms with Gasteiger partial charge in [-0.05, 0) is 57.5 Å². The van der Waals surface area contributed by atoms with Gasteiger partial charge in [0.15, 0.2) is 5.82 Å². The molecule has 0 unspecified atom stereocenters. The molecule has 4 aromatic rings. The van der Waals surface area contributed by atoms with Crippen LogP contribution in [0.4, 0.5) is 16.3 Å². The number of para-hydroxylation sites is 2. The Morgan fingerprint density at radius 2 is 1.80 bits per heavy atom. The summed E-state index contributed by atoms with van der Waals surface area (Å²) in [6.45, 7) is 7.81. The molecule has 1 amide bonds. The summed E-state index contributed by atoms with van der Waals surface area (Å²) in [7, 11) is 0. The molecular weight excluding hydrogens is 380 g/mol. The Kier molecular flexibility index (Phi) is 4.99. The summed E-state index contributed by atoms with van der Waals surface area (Å²) in [6, 6.07) is 15.6. The number of hydrogen-bond donors (Lipinski definition) is 2. The van der Waals surface area contributed by atoms with Gasteiger partial charge in [-0.1, -0.05) is 24.3 Å². The minimum absolute atomic E-state index is 0.386. The number of alkyl carbamates (subject to hydrolysis) is 1. The maximum absolute atomic E-state index is 11.8. The molecule has 8 heteroatoms. The summed E-state index contributed by atoms with van der Waals surface area (Å²) < 4.78 is 7.24. The number of aromatic nitrogens is 4. The molecule has 0 atom stereocenters. The number of nitrogens with zero attached hydrogens (tertiary/aromatic N) is 4. The highest BCUT2D eigenvalue weighted by atomic mass is 16.6. The van der Waals surface area contributed by atoms with Crippen LogP contribution in [0.1, 0.15) is 32.2 Å². The van der Waals surface area contributed by atoms with Gasteiger partial charge in [-0.2, -0.15) is 0 Å². The van der Waals surface area contributed by atoms with E-state index in [1.807, 2.05) is 80.6 Å². The number of nitrogens with one attached hydrogen (secondary N) is 2. The molecule has 0 fully saturated rings. The monoisotopic (exact) mass is 404 g/mol. The van der Waals surface area contributed by atoms with Crippen LogP contribution in [0.2, 0.25) is 0 Å². The van der Waals surface area contributed by atoms with Gasteiger partial charge in [-0.15, -0.1) is 10.2 Å². The molecule has 2 heterocycles. The van der Waals surface area contributed by atoms with Crippen molar-refractivity contribution >= 4 is 34.3 Å². The maximum atomic E-state index is 11.8. The molecule has 0 aliphatic rings. The number of rotatable bonds is 4. The lowest BCUT2D eigenvalue weighted by Gasteiger charge is -2.19. The van der Waals surface area contributed by atoms with E-state index in [4.69, 9.17) is 9.72 Å². The molecule has 4 rings (SSSR count). The van der Waals surface area contributed by atoms with Crippen LogP contribution in [0.15, 0.2) is 48.5 Å². The fourth-order valence-corrected chi connectivity index (χ4v) is 3.14. The van der Waals surface area contributed by atoms with Crippen molar-refractivity contribution in [2.24, 2.45) is 0 Å². The molecular formula is C22H24N6O2. The fourth-order valence-electron chi connectivity index (χ4n) is 3.14. The number of aryl methyl sites for hydroxylation is 1. The van der Waals surface area contributed by atoms with E-state index in [0.29, 0.717) is 18.0 Å². The summed E-state index contributed by atoms with van der Waals surface area (Å²) >= 11 is 0. The molecule has 2 N–H and O–H groups in total. The first-order chi connectivity index (χ1) is 14.3. The van der Waals surface area contributed by atoms with Gasteiger partial charge in [-0.3, -0.25) is 4.40 Å². The molecule has 2 aromatic carbocycles. The van der Waals surface area contributed by atoms with E-state index in [2.05, 4.69) is 20.8 Å². The average molecular weight is 404 g/mol. The van der Waals surface area contributed by atoms with Gasteiger partial charge in [-0.25, -0.2) is 9.78 Å². The summed E-state index contributed by atoms with van der Waals surface area (Å²) in [4.78, 5) is 16.5. The summed E-state index contributed by atoms with van der Waals surface area (Å²) in [5.41, 5.74) is 3.79. The predicted octanol–water partition coefficient (Wildman–Crippen LogP) is 4.35. The lowest BCUT2D eigenvalue weighted by Crippen LogP contribution is -2.32. The van der Waals surface area contributed by atoms with Crippen LogP contribution in [-0.4, -0.2) is 31.3 Å². The molecule has 30 heavy (non-hydrogen) atoms. The Bertz CT molecular complexity index is 1210. The van der Waals surface area contributed by atoms with E-state index >= 15 is 0 Å². The standard InChI is InChI=1S/C22H24N6O2/c1-14-26-27-20-19(25-17-7-5-6-8-18(17)28(14)20)24-16-11-9-15(10-12-16)13-23-21(29)30-22(2,3)4/h5-12H,13H2,1-4H3,(H,23,29)(H,24,25). The number of fused-ring (bicyclic) bond motifs is 3. The van der Waals surface area contributed by atoms with Gasteiger partial charge in [0.2, 0.25) is 5.65 Å². The molecule has 0 aliphatic carbocycles. The molecule has 0 saturated carbocycles. The van der Waals surface area contributed by atoms with E-state index < -0.39 is 11.7 Å². The highest BCUT2D eigenvalue weighted by molar-refractivity contribution is 5.84. The fraction of sp³-hybridized carbons (Fsp3) is 0.273. The van der Waals surface area contributed by atoms with Crippen LogP contribution < -0.4 is 10.6 Å². The Morgan fingerprint density at radius 1 is 1.07 bits per heavy atom. The molecule has 0 saturated heterocycles. The number of carbonyl (C=O) groups is 1. The molecule has 0 aliphatic heterocycles. The Morgan fingerprint density at radius 3 is 2.53 bits per heavy atom. The third-order valence-corrected chi connectivity index (χ3v) is 4.44. The molecule has 0 spiro atoms. The van der Waals surface area contributed by atoms with Crippen LogP contribution in [-0.2, 0) is 11.3 Å². The number of carbonyl (C=O) groups excluding carboxylic acids is 1. The zero-order valence-corrected chi connectivity index (χ0v) is 17.4. The topological polar surface area (TPSA) is 93.4 Å². The second-order valence-corrected chi connectivity index (χ2v) is 8.03. The molecule has 8 nitrogen and oxygen atoms in total. The Hall–Kier alpha value is -3.68. The summed E-state index contributed by atoms with van der Waals surface area (Å²) in [6.07, 6.45) is -0.436. The summed E-state index contributed by atoms with van der Waals surface area (Å²) in [5, 5.41) is 14.6. The lowest BCUT2D eigenvalue weighted by molar-refractivity contribution is 0.0523. The van der Waals surface area contributed by atoms with Crippen molar-refractivity contribution in [3.05, 3.63) is 59.9 Å². The van der Waals surface area contributed by atoms with Gasteiger partial charge >= 0.3 is 6.09 Å². The lowest BCUT2D eigenvalue weighted by atomic mass is 10.2. The van der Waals surface area contributed by atoms with Gasteiger partial charge in [0.25, 0.3) is 0 Å².